The number of hydrogen-bond donors (Lipinski definition) is 5. The van der Waals surface area contributed by atoms with Gasteiger partial charge in [-0.2, -0.15) is 0 Å². The van der Waals surface area contributed by atoms with Crippen molar-refractivity contribution in [3.63, 3.8) is 0 Å². The van der Waals surface area contributed by atoms with Gasteiger partial charge in [0.25, 0.3) is 5.91 Å². The Morgan fingerprint density at radius 2 is 1.77 bits per heavy atom. The molecule has 5 rings (SSSR count). The van der Waals surface area contributed by atoms with E-state index in [1.807, 2.05) is 0 Å². The van der Waals surface area contributed by atoms with Gasteiger partial charge in [0.15, 0.2) is 11.4 Å². The Morgan fingerprint density at radius 1 is 1.11 bits per heavy atom. The molecule has 9 nitrogen and oxygen atoms in total. The summed E-state index contributed by atoms with van der Waals surface area (Å²) in [7, 11) is 0. The Balaban J connectivity index is 1.55. The minimum Gasteiger partial charge on any atom is -0.508 e. The number of aliphatic hydroxyl groups excluding tert-OH is 2. The third-order valence-electron chi connectivity index (χ3n) is 12.1. The normalized spacial score (nSPS) is 33.0. The number of carbonyl (C=O) groups excluding carboxylic acids is 3. The number of nitrogens with zero attached hydrogens (tertiary/aromatic N) is 1. The Morgan fingerprint density at radius 3 is 2.36 bits per heavy atom. The van der Waals surface area contributed by atoms with Crippen LogP contribution in [0.4, 0.5) is 0 Å². The standard InChI is InChI=1S/C34H45ClN2O7/c1-7-9-33(6)23(10-16(3)32(33,4)5)37(8-2)15-18-13-21(38)25-20(27(18)35)12-17-11-19-14-22(39)26(31(36)43)30(42)34(19,44)29(41)24(17)28(25)40/h13,16-17,19,23,38,40,42,44H,7-12,14-15H2,1-6H3,(H2,36,43)/t16?,17?,19-,23-,33?,34-/m0/s1. The second-order valence-electron chi connectivity index (χ2n) is 14.2. The molecule has 3 unspecified atom stereocenters. The maximum Gasteiger partial charge on any atom is 0.255 e. The van der Waals surface area contributed by atoms with Gasteiger partial charge < -0.3 is 26.2 Å². The highest BCUT2D eigenvalue weighted by molar-refractivity contribution is 6.32. The molecule has 0 aromatic heterocycles. The van der Waals surface area contributed by atoms with Crippen LogP contribution in [0.5, 0.6) is 5.75 Å². The van der Waals surface area contributed by atoms with Crippen LogP contribution in [0.2, 0.25) is 5.02 Å². The predicted octanol–water partition coefficient (Wildman–Crippen LogP) is 5.14. The van der Waals surface area contributed by atoms with Gasteiger partial charge in [0.05, 0.1) is 5.56 Å². The molecule has 1 aromatic carbocycles. The number of amides is 1. The van der Waals surface area contributed by atoms with Gasteiger partial charge in [0, 0.05) is 35.5 Å². The van der Waals surface area contributed by atoms with Crippen molar-refractivity contribution in [3.05, 3.63) is 44.7 Å². The van der Waals surface area contributed by atoms with Gasteiger partial charge in [0.2, 0.25) is 5.78 Å². The third kappa shape index (κ3) is 4.36. The zero-order valence-corrected chi connectivity index (χ0v) is 27.2. The number of aliphatic hydroxyl groups is 3. The summed E-state index contributed by atoms with van der Waals surface area (Å²) in [6.07, 6.45) is 3.10. The molecule has 0 bridgehead atoms. The van der Waals surface area contributed by atoms with Crippen LogP contribution in [0.1, 0.15) is 90.3 Å². The number of carbonyl (C=O) groups is 3. The van der Waals surface area contributed by atoms with E-state index in [-0.39, 0.29) is 47.0 Å². The number of rotatable bonds is 7. The number of primary amides is 1. The van der Waals surface area contributed by atoms with Crippen LogP contribution in [-0.4, -0.2) is 61.0 Å². The van der Waals surface area contributed by atoms with E-state index in [4.69, 9.17) is 17.3 Å². The van der Waals surface area contributed by atoms with E-state index in [0.717, 1.165) is 31.4 Å². The second-order valence-corrected chi connectivity index (χ2v) is 14.6. The maximum atomic E-state index is 13.8. The fourth-order valence-electron chi connectivity index (χ4n) is 8.94. The topological polar surface area (TPSA) is 161 Å². The molecule has 1 amide bonds. The van der Waals surface area contributed by atoms with E-state index in [0.29, 0.717) is 29.1 Å². The van der Waals surface area contributed by atoms with E-state index in [2.05, 4.69) is 46.4 Å². The molecule has 6 atom stereocenters. The van der Waals surface area contributed by atoms with Gasteiger partial charge in [-0.05, 0) is 72.1 Å². The van der Waals surface area contributed by atoms with Gasteiger partial charge in [-0.3, -0.25) is 19.3 Å². The number of hydrogen-bond acceptors (Lipinski definition) is 8. The molecule has 240 valence electrons. The minimum absolute atomic E-state index is 0.0142. The SMILES string of the molecule is CCCC1(C)[C@@H](N(CC)Cc2cc(O)c3c(c2Cl)CC2C[C@H]4CC(=O)C(C(N)=O)=C(O)[C@@]4(O)C(=O)C2=C3O)CC(C)C1(C)C. The van der Waals surface area contributed by atoms with Crippen molar-refractivity contribution in [2.24, 2.45) is 34.3 Å². The monoisotopic (exact) mass is 628 g/mol. The van der Waals surface area contributed by atoms with Gasteiger partial charge in [-0.15, -0.1) is 0 Å². The highest BCUT2D eigenvalue weighted by Gasteiger charge is 2.61. The molecule has 2 saturated carbocycles. The van der Waals surface area contributed by atoms with Gasteiger partial charge in [0.1, 0.15) is 22.8 Å². The number of nitrogens with two attached hydrogens (primary N) is 1. The zero-order chi connectivity index (χ0) is 32.7. The van der Waals surface area contributed by atoms with E-state index in [9.17, 15) is 34.8 Å². The summed E-state index contributed by atoms with van der Waals surface area (Å²) in [4.78, 5) is 40.7. The Labute approximate surface area is 263 Å². The van der Waals surface area contributed by atoms with Gasteiger partial charge in [-0.1, -0.05) is 59.6 Å². The Hall–Kier alpha value is -2.88. The number of aromatic hydroxyl groups is 1. The molecule has 0 saturated heterocycles. The van der Waals surface area contributed by atoms with Crippen LogP contribution in [0.25, 0.3) is 5.76 Å². The van der Waals surface area contributed by atoms with Crippen molar-refractivity contribution >= 4 is 34.8 Å². The molecule has 1 aromatic rings. The molecule has 0 aliphatic heterocycles. The fraction of sp³-hybridized carbons (Fsp3) is 0.618. The van der Waals surface area contributed by atoms with E-state index >= 15 is 0 Å². The zero-order valence-electron chi connectivity index (χ0n) is 26.5. The largest absolute Gasteiger partial charge is 0.508 e. The lowest BCUT2D eigenvalue weighted by Gasteiger charge is -2.47. The van der Waals surface area contributed by atoms with Crippen LogP contribution in [-0.2, 0) is 27.3 Å². The first-order valence-corrected chi connectivity index (χ1v) is 16.1. The number of phenols is 1. The summed E-state index contributed by atoms with van der Waals surface area (Å²) >= 11 is 7.06. The summed E-state index contributed by atoms with van der Waals surface area (Å²) in [5.74, 6) is -6.00. The molecule has 0 heterocycles. The number of phenolic OH excluding ortho intramolecular Hbond substituents is 1. The summed E-state index contributed by atoms with van der Waals surface area (Å²) < 4.78 is 0. The van der Waals surface area contributed by atoms with Crippen LogP contribution in [0.15, 0.2) is 23.0 Å². The Bertz CT molecular complexity index is 1510. The average Bonchev–Trinajstić information content (AvgIpc) is 3.11. The number of Topliss-reactive ketones (excluding diaryl/α,β-unsaturated/α-hetero) is 2. The second kappa shape index (κ2) is 10.9. The molecule has 0 radical (unpaired) electrons. The van der Waals surface area contributed by atoms with Crippen molar-refractivity contribution in [2.45, 2.75) is 98.3 Å². The van der Waals surface area contributed by atoms with Crippen LogP contribution >= 0.6 is 11.6 Å². The summed E-state index contributed by atoms with van der Waals surface area (Å²) in [6.45, 7) is 15.1. The average molecular weight is 629 g/mol. The Kier molecular flexibility index (Phi) is 8.04. The lowest BCUT2D eigenvalue weighted by Crippen LogP contribution is -2.58. The van der Waals surface area contributed by atoms with E-state index in [1.54, 1.807) is 0 Å². The van der Waals surface area contributed by atoms with Crippen molar-refractivity contribution < 1.29 is 34.8 Å². The van der Waals surface area contributed by atoms with Crippen LogP contribution in [0.3, 0.4) is 0 Å². The van der Waals surface area contributed by atoms with Crippen molar-refractivity contribution in [1.29, 1.82) is 0 Å². The molecule has 4 aliphatic carbocycles. The number of fused-ring (bicyclic) bond motifs is 3. The van der Waals surface area contributed by atoms with Crippen LogP contribution < -0.4 is 5.73 Å². The molecule has 6 N–H and O–H groups in total. The lowest BCUT2D eigenvalue weighted by molar-refractivity contribution is -0.147. The molecule has 4 aliphatic rings. The highest BCUT2D eigenvalue weighted by Crippen LogP contribution is 2.60. The summed E-state index contributed by atoms with van der Waals surface area (Å²) in [5.41, 5.74) is 3.13. The third-order valence-corrected chi connectivity index (χ3v) is 12.5. The molecular weight excluding hydrogens is 584 g/mol. The maximum absolute atomic E-state index is 13.8. The summed E-state index contributed by atoms with van der Waals surface area (Å²) in [5, 5.41) is 45.3. The van der Waals surface area contributed by atoms with Crippen molar-refractivity contribution in [1.82, 2.24) is 4.90 Å². The van der Waals surface area contributed by atoms with Crippen molar-refractivity contribution in [3.8, 4) is 5.75 Å². The molecule has 44 heavy (non-hydrogen) atoms. The first-order valence-electron chi connectivity index (χ1n) is 15.7. The van der Waals surface area contributed by atoms with Gasteiger partial charge >= 0.3 is 0 Å². The van der Waals surface area contributed by atoms with Crippen molar-refractivity contribution in [2.75, 3.05) is 6.54 Å². The molecule has 0 spiro atoms. The molecular formula is C34H45ClN2O7. The van der Waals surface area contributed by atoms with Gasteiger partial charge in [-0.25, -0.2) is 0 Å². The first kappa shape index (κ1) is 32.5. The number of ketones is 2. The first-order chi connectivity index (χ1) is 20.5. The number of benzene rings is 1. The number of halogens is 1. The van der Waals surface area contributed by atoms with E-state index in [1.165, 1.54) is 6.07 Å². The highest BCUT2D eigenvalue weighted by atomic mass is 35.5. The fourth-order valence-corrected chi connectivity index (χ4v) is 9.23. The smallest absolute Gasteiger partial charge is 0.255 e. The van der Waals surface area contributed by atoms with Crippen LogP contribution in [0, 0.1) is 28.6 Å². The lowest BCUT2D eigenvalue weighted by atomic mass is 9.59. The predicted molar refractivity (Wildman–Crippen MR) is 167 cm³/mol. The summed E-state index contributed by atoms with van der Waals surface area (Å²) in [6, 6.07) is 1.84. The molecule has 2 fully saturated rings. The molecule has 10 heteroatoms. The van der Waals surface area contributed by atoms with E-state index < -0.39 is 52.0 Å². The quantitative estimate of drug-likeness (QED) is 0.259. The minimum atomic E-state index is -2.59.